The molecule has 0 amide bonds. The lowest BCUT2D eigenvalue weighted by Gasteiger charge is -2.28. The Labute approximate surface area is 123 Å². The maximum Gasteiger partial charge on any atom is 0.0596 e. The van der Waals surface area contributed by atoms with Gasteiger partial charge in [-0.1, -0.05) is 6.92 Å². The van der Waals surface area contributed by atoms with Crippen molar-refractivity contribution < 1.29 is 0 Å². The summed E-state index contributed by atoms with van der Waals surface area (Å²) in [5.41, 5.74) is 2.60. The van der Waals surface area contributed by atoms with Crippen LogP contribution in [-0.4, -0.2) is 49.7 Å². The first-order valence-corrected chi connectivity index (χ1v) is 7.77. The van der Waals surface area contributed by atoms with Crippen molar-refractivity contribution >= 4 is 5.69 Å². The Kier molecular flexibility index (Phi) is 5.80. The number of hydrogen-bond acceptors (Lipinski definition) is 4. The second kappa shape index (κ2) is 7.60. The summed E-state index contributed by atoms with van der Waals surface area (Å²) in [4.78, 5) is 9.14. The first kappa shape index (κ1) is 15.3. The lowest BCUT2D eigenvalue weighted by molar-refractivity contribution is 0.314. The van der Waals surface area contributed by atoms with Crippen LogP contribution in [0.1, 0.15) is 31.7 Å². The molecule has 2 rings (SSSR count). The lowest BCUT2D eigenvalue weighted by Crippen LogP contribution is -2.37. The molecule has 0 aliphatic carbocycles. The van der Waals surface area contributed by atoms with E-state index in [1.54, 1.807) is 0 Å². The summed E-state index contributed by atoms with van der Waals surface area (Å²) in [6, 6.07) is 2.81. The molecule has 1 unspecified atom stereocenters. The van der Waals surface area contributed by atoms with Crippen molar-refractivity contribution in [1.82, 2.24) is 15.2 Å². The van der Waals surface area contributed by atoms with E-state index in [-0.39, 0.29) is 0 Å². The van der Waals surface area contributed by atoms with Crippen LogP contribution >= 0.6 is 0 Å². The van der Waals surface area contributed by atoms with Crippen molar-refractivity contribution in [2.45, 2.75) is 38.8 Å². The lowest BCUT2D eigenvalue weighted by atomic mass is 10.1. The number of likely N-dealkylation sites (tertiary alicyclic amines) is 1. The van der Waals surface area contributed by atoms with Crippen LogP contribution in [0.3, 0.4) is 0 Å². The molecule has 0 aromatic carbocycles. The smallest absolute Gasteiger partial charge is 0.0596 e. The highest BCUT2D eigenvalue weighted by Crippen LogP contribution is 2.21. The minimum atomic E-state index is 0.677. The number of rotatable bonds is 7. The normalized spacial score (nSPS) is 19.4. The Hall–Kier alpha value is -1.13. The molecule has 4 heteroatoms. The van der Waals surface area contributed by atoms with E-state index >= 15 is 0 Å². The molecule has 0 bridgehead atoms. The van der Waals surface area contributed by atoms with Gasteiger partial charge in [0.25, 0.3) is 0 Å². The minimum Gasteiger partial charge on any atom is -0.372 e. The van der Waals surface area contributed by atoms with Crippen molar-refractivity contribution in [1.29, 1.82) is 0 Å². The number of likely N-dealkylation sites (N-methyl/N-ethyl adjacent to an activating group) is 2. The van der Waals surface area contributed by atoms with E-state index in [0.717, 1.165) is 19.6 Å². The van der Waals surface area contributed by atoms with Crippen molar-refractivity contribution in [3.8, 4) is 0 Å². The van der Waals surface area contributed by atoms with Gasteiger partial charge in [-0.3, -0.25) is 4.98 Å². The molecule has 4 nitrogen and oxygen atoms in total. The third kappa shape index (κ3) is 3.93. The van der Waals surface area contributed by atoms with Gasteiger partial charge in [-0.2, -0.15) is 0 Å². The van der Waals surface area contributed by atoms with Crippen LogP contribution in [-0.2, 0) is 6.54 Å². The van der Waals surface area contributed by atoms with Gasteiger partial charge < -0.3 is 15.1 Å². The number of aromatic nitrogens is 1. The van der Waals surface area contributed by atoms with Gasteiger partial charge in [0.05, 0.1) is 11.9 Å². The van der Waals surface area contributed by atoms with Crippen molar-refractivity contribution in [3.05, 3.63) is 24.0 Å². The van der Waals surface area contributed by atoms with Crippen molar-refractivity contribution in [3.63, 3.8) is 0 Å². The topological polar surface area (TPSA) is 31.4 Å². The maximum atomic E-state index is 4.31. The van der Waals surface area contributed by atoms with Gasteiger partial charge in [-0.15, -0.1) is 0 Å². The Bertz CT molecular complexity index is 407. The summed E-state index contributed by atoms with van der Waals surface area (Å²) in [5, 5.41) is 3.48. The molecule has 1 N–H and O–H groups in total. The number of anilines is 1. The fraction of sp³-hybridized carbons (Fsp3) is 0.688. The zero-order valence-corrected chi connectivity index (χ0v) is 13.1. The molecule has 1 aromatic rings. The van der Waals surface area contributed by atoms with Gasteiger partial charge in [0.2, 0.25) is 0 Å². The standard InChI is InChI=1S/C16H28N4/c1-4-8-17-11-14-7-9-18-12-16(14)20(3)13-15-6-5-10-19(15)2/h7,9,12,15,17H,4-6,8,10-11,13H2,1-3H3. The summed E-state index contributed by atoms with van der Waals surface area (Å²) in [5.74, 6) is 0. The van der Waals surface area contributed by atoms with Gasteiger partial charge in [0.1, 0.15) is 0 Å². The largest absolute Gasteiger partial charge is 0.372 e. The molecule has 0 saturated carbocycles. The molecule has 1 saturated heterocycles. The minimum absolute atomic E-state index is 0.677. The van der Waals surface area contributed by atoms with Gasteiger partial charge in [-0.25, -0.2) is 0 Å². The zero-order valence-electron chi connectivity index (χ0n) is 13.1. The third-order valence-electron chi connectivity index (χ3n) is 4.20. The quantitative estimate of drug-likeness (QED) is 0.773. The number of nitrogens with zero attached hydrogens (tertiary/aromatic N) is 3. The van der Waals surface area contributed by atoms with Crippen LogP contribution in [0.4, 0.5) is 5.69 Å². The highest BCUT2D eigenvalue weighted by Gasteiger charge is 2.22. The third-order valence-corrected chi connectivity index (χ3v) is 4.20. The Morgan fingerprint density at radius 2 is 2.35 bits per heavy atom. The first-order chi connectivity index (χ1) is 9.72. The van der Waals surface area contributed by atoms with Gasteiger partial charge in [0, 0.05) is 32.4 Å². The summed E-state index contributed by atoms with van der Waals surface area (Å²) < 4.78 is 0. The van der Waals surface area contributed by atoms with E-state index in [9.17, 15) is 0 Å². The van der Waals surface area contributed by atoms with Crippen LogP contribution in [0.15, 0.2) is 18.5 Å². The number of hydrogen-bond donors (Lipinski definition) is 1. The highest BCUT2D eigenvalue weighted by molar-refractivity contribution is 5.51. The fourth-order valence-electron chi connectivity index (χ4n) is 2.93. The van der Waals surface area contributed by atoms with Crippen LogP contribution in [0.2, 0.25) is 0 Å². The number of nitrogens with one attached hydrogen (secondary N) is 1. The highest BCUT2D eigenvalue weighted by atomic mass is 15.2. The molecular weight excluding hydrogens is 248 g/mol. The summed E-state index contributed by atoms with van der Waals surface area (Å²) >= 11 is 0. The Morgan fingerprint density at radius 1 is 1.50 bits per heavy atom. The molecule has 1 aromatic heterocycles. The summed E-state index contributed by atoms with van der Waals surface area (Å²) in [6.45, 7) is 6.51. The fourth-order valence-corrected chi connectivity index (χ4v) is 2.93. The molecule has 1 atom stereocenters. The van der Waals surface area contributed by atoms with E-state index in [4.69, 9.17) is 0 Å². The SMILES string of the molecule is CCCNCc1ccncc1N(C)CC1CCCN1C. The Morgan fingerprint density at radius 3 is 3.05 bits per heavy atom. The maximum absolute atomic E-state index is 4.31. The van der Waals surface area contributed by atoms with Crippen molar-refractivity contribution in [2.24, 2.45) is 0 Å². The van der Waals surface area contributed by atoms with E-state index in [2.05, 4.69) is 47.2 Å². The predicted molar refractivity (Wildman–Crippen MR) is 85.2 cm³/mol. The predicted octanol–water partition coefficient (Wildman–Crippen LogP) is 2.11. The van der Waals surface area contributed by atoms with E-state index in [1.165, 1.54) is 37.1 Å². The molecule has 0 radical (unpaired) electrons. The monoisotopic (exact) mass is 276 g/mol. The first-order valence-electron chi connectivity index (χ1n) is 7.77. The molecule has 0 spiro atoms. The van der Waals surface area contributed by atoms with Crippen LogP contribution < -0.4 is 10.2 Å². The van der Waals surface area contributed by atoms with Crippen LogP contribution in [0.5, 0.6) is 0 Å². The zero-order chi connectivity index (χ0) is 14.4. The average molecular weight is 276 g/mol. The van der Waals surface area contributed by atoms with E-state index in [0.29, 0.717) is 6.04 Å². The molecule has 112 valence electrons. The van der Waals surface area contributed by atoms with Crippen molar-refractivity contribution in [2.75, 3.05) is 38.6 Å². The summed E-state index contributed by atoms with van der Waals surface area (Å²) in [6.07, 6.45) is 7.69. The van der Waals surface area contributed by atoms with E-state index in [1.807, 2.05) is 12.4 Å². The molecule has 1 aliphatic rings. The number of pyridine rings is 1. The molecule has 20 heavy (non-hydrogen) atoms. The van der Waals surface area contributed by atoms with Gasteiger partial charge >= 0.3 is 0 Å². The summed E-state index contributed by atoms with van der Waals surface area (Å²) in [7, 11) is 4.42. The molecule has 1 fully saturated rings. The Balaban J connectivity index is 1.99. The van der Waals surface area contributed by atoms with Gasteiger partial charge in [0.15, 0.2) is 0 Å². The van der Waals surface area contributed by atoms with Gasteiger partial charge in [-0.05, 0) is 51.0 Å². The molecular formula is C16H28N4. The molecule has 2 heterocycles. The van der Waals surface area contributed by atoms with Crippen LogP contribution in [0, 0.1) is 0 Å². The van der Waals surface area contributed by atoms with E-state index < -0.39 is 0 Å². The second-order valence-electron chi connectivity index (χ2n) is 5.84. The molecule has 1 aliphatic heterocycles. The second-order valence-corrected chi connectivity index (χ2v) is 5.84. The van der Waals surface area contributed by atoms with Crippen LogP contribution in [0.25, 0.3) is 0 Å². The average Bonchev–Trinajstić information content (AvgIpc) is 2.85.